The number of hydrogen-bond acceptors (Lipinski definition) is 1. The Morgan fingerprint density at radius 2 is 1.28 bits per heavy atom. The molecule has 1 heterocycles. The van der Waals surface area contributed by atoms with Gasteiger partial charge in [-0.15, -0.1) is 11.3 Å². The van der Waals surface area contributed by atoms with Gasteiger partial charge in [-0.25, -0.2) is 17.6 Å². The summed E-state index contributed by atoms with van der Waals surface area (Å²) >= 11 is 1.37. The largest absolute Gasteiger partial charge is 0.203 e. The lowest BCUT2D eigenvalue weighted by atomic mass is 9.99. The van der Waals surface area contributed by atoms with Crippen molar-refractivity contribution in [1.29, 1.82) is 0 Å². The van der Waals surface area contributed by atoms with E-state index in [4.69, 9.17) is 0 Å². The van der Waals surface area contributed by atoms with E-state index in [1.165, 1.54) is 41.2 Å². The predicted octanol–water partition coefficient (Wildman–Crippen LogP) is 7.92. The van der Waals surface area contributed by atoms with Crippen molar-refractivity contribution < 1.29 is 17.6 Å². The zero-order valence-corrected chi connectivity index (χ0v) is 16.8. The number of rotatable bonds is 4. The first-order valence-electron chi connectivity index (χ1n) is 9.42. The van der Waals surface area contributed by atoms with Crippen molar-refractivity contribution >= 4 is 21.4 Å². The summed E-state index contributed by atoms with van der Waals surface area (Å²) in [5.41, 5.74) is 0.893. The first-order valence-corrected chi connectivity index (χ1v) is 10.2. The molecule has 0 bridgehead atoms. The average molecular weight is 414 g/mol. The van der Waals surface area contributed by atoms with Gasteiger partial charge in [-0.2, -0.15) is 0 Å². The van der Waals surface area contributed by atoms with Gasteiger partial charge in [0.05, 0.1) is 0 Å². The summed E-state index contributed by atoms with van der Waals surface area (Å²) in [6, 6.07) is 13.2. The van der Waals surface area contributed by atoms with Crippen molar-refractivity contribution in [3.63, 3.8) is 0 Å². The fourth-order valence-electron chi connectivity index (χ4n) is 3.45. The van der Waals surface area contributed by atoms with E-state index in [9.17, 15) is 17.6 Å². The van der Waals surface area contributed by atoms with Crippen molar-refractivity contribution in [2.75, 3.05) is 0 Å². The van der Waals surface area contributed by atoms with Crippen LogP contribution in [0.5, 0.6) is 0 Å². The van der Waals surface area contributed by atoms with E-state index in [1.807, 2.05) is 24.3 Å². The van der Waals surface area contributed by atoms with E-state index < -0.39 is 23.3 Å². The molecule has 0 nitrogen and oxygen atoms in total. The van der Waals surface area contributed by atoms with Crippen molar-refractivity contribution in [3.05, 3.63) is 82.9 Å². The van der Waals surface area contributed by atoms with Crippen LogP contribution in [0, 0.1) is 23.3 Å². The molecule has 0 amide bonds. The highest BCUT2D eigenvalue weighted by Crippen LogP contribution is 2.38. The summed E-state index contributed by atoms with van der Waals surface area (Å²) in [5.74, 6) is -4.43. The summed E-state index contributed by atoms with van der Waals surface area (Å²) in [6.07, 6.45) is 1.20. The van der Waals surface area contributed by atoms with Crippen LogP contribution in [-0.4, -0.2) is 0 Å². The number of aryl methyl sites for hydroxylation is 2. The van der Waals surface area contributed by atoms with Gasteiger partial charge >= 0.3 is 0 Å². The van der Waals surface area contributed by atoms with Gasteiger partial charge in [0.25, 0.3) is 0 Å². The van der Waals surface area contributed by atoms with Gasteiger partial charge in [-0.05, 0) is 47.6 Å². The second kappa shape index (κ2) is 7.64. The molecular weight excluding hydrogens is 396 g/mol. The van der Waals surface area contributed by atoms with Crippen molar-refractivity contribution in [1.82, 2.24) is 0 Å². The molecule has 0 spiro atoms. The fourth-order valence-corrected chi connectivity index (χ4v) is 4.59. The summed E-state index contributed by atoms with van der Waals surface area (Å²) < 4.78 is 59.3. The molecule has 1 aromatic heterocycles. The molecule has 0 atom stereocenters. The predicted molar refractivity (Wildman–Crippen MR) is 111 cm³/mol. The monoisotopic (exact) mass is 414 g/mol. The van der Waals surface area contributed by atoms with Crippen molar-refractivity contribution in [2.45, 2.75) is 26.7 Å². The molecule has 0 radical (unpaired) electrons. The Kier molecular flexibility index (Phi) is 5.17. The Labute approximate surface area is 170 Å². The van der Waals surface area contributed by atoms with Crippen LogP contribution in [0.1, 0.15) is 25.0 Å². The highest BCUT2D eigenvalue weighted by atomic mass is 32.1. The van der Waals surface area contributed by atoms with E-state index >= 15 is 0 Å². The van der Waals surface area contributed by atoms with Gasteiger partial charge in [0.15, 0.2) is 23.3 Å². The van der Waals surface area contributed by atoms with Gasteiger partial charge in [0, 0.05) is 26.3 Å². The van der Waals surface area contributed by atoms with Gasteiger partial charge in [0.1, 0.15) is 0 Å². The average Bonchev–Trinajstić information content (AvgIpc) is 3.15. The molecule has 5 heteroatoms. The van der Waals surface area contributed by atoms with Crippen molar-refractivity contribution in [2.24, 2.45) is 0 Å². The molecule has 0 fully saturated rings. The third-order valence-electron chi connectivity index (χ3n) is 5.17. The van der Waals surface area contributed by atoms with Crippen LogP contribution in [0.4, 0.5) is 17.6 Å². The van der Waals surface area contributed by atoms with Crippen LogP contribution in [0.15, 0.2) is 48.5 Å². The number of fused-ring (bicyclic) bond motifs is 1. The lowest BCUT2D eigenvalue weighted by Gasteiger charge is -2.10. The maximum absolute atomic E-state index is 14.9. The van der Waals surface area contributed by atoms with Gasteiger partial charge < -0.3 is 0 Å². The number of thiophene rings is 1. The Morgan fingerprint density at radius 3 is 1.97 bits per heavy atom. The first kappa shape index (κ1) is 19.6. The molecule has 29 heavy (non-hydrogen) atoms. The van der Waals surface area contributed by atoms with Gasteiger partial charge in [0.2, 0.25) is 0 Å². The molecule has 0 saturated heterocycles. The summed E-state index contributed by atoms with van der Waals surface area (Å²) in [4.78, 5) is 0.587. The zero-order valence-electron chi connectivity index (χ0n) is 16.0. The molecule has 4 rings (SSSR count). The molecule has 0 aliphatic rings. The van der Waals surface area contributed by atoms with Crippen LogP contribution in [0.25, 0.3) is 31.7 Å². The standard InChI is InChI=1S/C24H18F4S/c1-3-13-5-6-15-12-20(29-19(15)11-13)18-10-9-17(23(27)24(18)28)16-8-7-14(4-2)21(25)22(16)26/h5-12H,3-4H2,1-2H3. The zero-order chi connectivity index (χ0) is 20.7. The topological polar surface area (TPSA) is 0 Å². The van der Waals surface area contributed by atoms with Crippen LogP contribution in [-0.2, 0) is 12.8 Å². The van der Waals surface area contributed by atoms with Gasteiger partial charge in [-0.3, -0.25) is 0 Å². The van der Waals surface area contributed by atoms with E-state index in [2.05, 4.69) is 6.92 Å². The van der Waals surface area contributed by atoms with E-state index in [0.717, 1.165) is 16.5 Å². The fraction of sp³-hybridized carbons (Fsp3) is 0.167. The molecule has 0 saturated carbocycles. The summed E-state index contributed by atoms with van der Waals surface area (Å²) in [6.45, 7) is 3.75. The highest BCUT2D eigenvalue weighted by Gasteiger charge is 2.21. The molecule has 3 aromatic carbocycles. The normalized spacial score (nSPS) is 11.4. The summed E-state index contributed by atoms with van der Waals surface area (Å²) in [7, 11) is 0. The Balaban J connectivity index is 1.82. The number of halogens is 4. The molecule has 0 aliphatic heterocycles. The van der Waals surface area contributed by atoms with E-state index in [-0.39, 0.29) is 22.3 Å². The number of hydrogen-bond donors (Lipinski definition) is 0. The summed E-state index contributed by atoms with van der Waals surface area (Å²) in [5, 5.41) is 0.953. The quantitative estimate of drug-likeness (QED) is 0.298. The van der Waals surface area contributed by atoms with Crippen LogP contribution >= 0.6 is 11.3 Å². The van der Waals surface area contributed by atoms with Crippen LogP contribution < -0.4 is 0 Å². The highest BCUT2D eigenvalue weighted by molar-refractivity contribution is 7.22. The Morgan fingerprint density at radius 1 is 0.655 bits per heavy atom. The minimum Gasteiger partial charge on any atom is -0.203 e. The van der Waals surface area contributed by atoms with Crippen LogP contribution in [0.2, 0.25) is 0 Å². The Bertz CT molecular complexity index is 1220. The first-order chi connectivity index (χ1) is 13.9. The maximum Gasteiger partial charge on any atom is 0.168 e. The van der Waals surface area contributed by atoms with Gasteiger partial charge in [-0.1, -0.05) is 44.2 Å². The molecule has 0 unspecified atom stereocenters. The third-order valence-corrected chi connectivity index (χ3v) is 6.31. The van der Waals surface area contributed by atoms with Crippen LogP contribution in [0.3, 0.4) is 0 Å². The minimum absolute atomic E-state index is 0.108. The molecule has 4 aromatic rings. The van der Waals surface area contributed by atoms with E-state index in [0.29, 0.717) is 11.3 Å². The SMILES string of the molecule is CCc1ccc2cc(-c3ccc(-c4ccc(CC)c(F)c4F)c(F)c3F)sc2c1. The molecule has 148 valence electrons. The molecule has 0 aliphatic carbocycles. The minimum atomic E-state index is -1.18. The van der Waals surface area contributed by atoms with E-state index in [1.54, 1.807) is 6.92 Å². The maximum atomic E-state index is 14.9. The second-order valence-electron chi connectivity index (χ2n) is 6.88. The number of benzene rings is 3. The molecular formula is C24H18F4S. The molecule has 0 N–H and O–H groups in total. The lowest BCUT2D eigenvalue weighted by Crippen LogP contribution is -1.99. The second-order valence-corrected chi connectivity index (χ2v) is 7.96. The third kappa shape index (κ3) is 3.33. The van der Waals surface area contributed by atoms with Crippen molar-refractivity contribution in [3.8, 4) is 21.6 Å². The Hall–Kier alpha value is -2.66. The smallest absolute Gasteiger partial charge is 0.168 e. The lowest BCUT2D eigenvalue weighted by molar-refractivity contribution is 0.497.